The van der Waals surface area contributed by atoms with Crippen molar-refractivity contribution in [3.63, 3.8) is 0 Å². The average Bonchev–Trinajstić information content (AvgIpc) is 2.77. The van der Waals surface area contributed by atoms with Crippen molar-refractivity contribution >= 4 is 23.8 Å². The van der Waals surface area contributed by atoms with E-state index in [1.54, 1.807) is 32.9 Å². The van der Waals surface area contributed by atoms with Gasteiger partial charge in [-0.1, -0.05) is 56.5 Å². The molecular formula is C26H40N4O5. The molecule has 2 rings (SSSR count). The van der Waals surface area contributed by atoms with Gasteiger partial charge in [0.2, 0.25) is 17.7 Å². The number of rotatable bonds is 10. The Morgan fingerprint density at radius 3 is 2.26 bits per heavy atom. The van der Waals surface area contributed by atoms with Crippen LogP contribution in [0.2, 0.25) is 0 Å². The minimum absolute atomic E-state index is 0.0577. The predicted molar refractivity (Wildman–Crippen MR) is 133 cm³/mol. The van der Waals surface area contributed by atoms with Gasteiger partial charge in [0.25, 0.3) is 0 Å². The highest BCUT2D eigenvalue weighted by molar-refractivity contribution is 5.94. The summed E-state index contributed by atoms with van der Waals surface area (Å²) in [7, 11) is 0. The Morgan fingerprint density at radius 2 is 1.71 bits per heavy atom. The average molecular weight is 489 g/mol. The number of hydrogen-bond donors (Lipinski definition) is 3. The lowest BCUT2D eigenvalue weighted by Crippen LogP contribution is -2.54. The number of carbonyl (C=O) groups is 4. The second kappa shape index (κ2) is 13.1. The third kappa shape index (κ3) is 9.22. The highest BCUT2D eigenvalue weighted by Crippen LogP contribution is 2.25. The SMILES string of the molecule is CCCN(C(=O)C(CC(N)=O)NC(=O)OC(C)(C)C)C(C(=O)NC1CCCCC1)c1ccccc1. The van der Waals surface area contributed by atoms with Gasteiger partial charge in [-0.15, -0.1) is 0 Å². The van der Waals surface area contributed by atoms with Crippen LogP contribution in [0.15, 0.2) is 30.3 Å². The Labute approximate surface area is 208 Å². The lowest BCUT2D eigenvalue weighted by molar-refractivity contribution is -0.143. The lowest BCUT2D eigenvalue weighted by Gasteiger charge is -2.35. The number of primary amides is 1. The van der Waals surface area contributed by atoms with Crippen molar-refractivity contribution in [2.45, 2.75) is 96.4 Å². The van der Waals surface area contributed by atoms with Gasteiger partial charge in [0, 0.05) is 12.6 Å². The van der Waals surface area contributed by atoms with E-state index in [1.807, 2.05) is 25.1 Å². The van der Waals surface area contributed by atoms with Crippen molar-refractivity contribution in [3.8, 4) is 0 Å². The maximum absolute atomic E-state index is 13.7. The van der Waals surface area contributed by atoms with Crippen LogP contribution in [0.1, 0.15) is 84.2 Å². The number of ether oxygens (including phenoxy) is 1. The molecule has 0 saturated heterocycles. The molecule has 2 atom stereocenters. The van der Waals surface area contributed by atoms with Crippen LogP contribution in [0.25, 0.3) is 0 Å². The summed E-state index contributed by atoms with van der Waals surface area (Å²) in [6.45, 7) is 7.24. The highest BCUT2D eigenvalue weighted by Gasteiger charge is 2.37. The number of hydrogen-bond acceptors (Lipinski definition) is 5. The number of nitrogens with zero attached hydrogens (tertiary/aromatic N) is 1. The van der Waals surface area contributed by atoms with E-state index >= 15 is 0 Å². The Morgan fingerprint density at radius 1 is 1.09 bits per heavy atom. The van der Waals surface area contributed by atoms with Gasteiger partial charge in [0.15, 0.2) is 0 Å². The third-order valence-electron chi connectivity index (χ3n) is 5.77. The van der Waals surface area contributed by atoms with Crippen LogP contribution in [0, 0.1) is 0 Å². The standard InChI is InChI=1S/C26H40N4O5/c1-5-16-30(24(33)20(17-21(27)31)29-25(34)35-26(2,3)4)22(18-12-8-6-9-13-18)23(32)28-19-14-10-7-11-15-19/h6,8-9,12-13,19-20,22H,5,7,10-11,14-17H2,1-4H3,(H2,27,31)(H,28,32)(H,29,34). The minimum Gasteiger partial charge on any atom is -0.444 e. The third-order valence-corrected chi connectivity index (χ3v) is 5.77. The Kier molecular flexibility index (Phi) is 10.5. The largest absolute Gasteiger partial charge is 0.444 e. The van der Waals surface area contributed by atoms with Crippen LogP contribution in [-0.2, 0) is 19.1 Å². The predicted octanol–water partition coefficient (Wildman–Crippen LogP) is 3.18. The fourth-order valence-corrected chi connectivity index (χ4v) is 4.29. The van der Waals surface area contributed by atoms with Crippen molar-refractivity contribution in [3.05, 3.63) is 35.9 Å². The molecule has 2 unspecified atom stereocenters. The lowest BCUT2D eigenvalue weighted by atomic mass is 9.94. The summed E-state index contributed by atoms with van der Waals surface area (Å²) in [5, 5.41) is 5.61. The Balaban J connectivity index is 2.37. The van der Waals surface area contributed by atoms with Gasteiger partial charge in [-0.2, -0.15) is 0 Å². The number of nitrogens with one attached hydrogen (secondary N) is 2. The molecule has 0 spiro atoms. The summed E-state index contributed by atoms with van der Waals surface area (Å²) in [6, 6.07) is 6.93. The van der Waals surface area contributed by atoms with E-state index < -0.39 is 42.0 Å². The smallest absolute Gasteiger partial charge is 0.408 e. The fraction of sp³-hybridized carbons (Fsp3) is 0.615. The van der Waals surface area contributed by atoms with E-state index in [4.69, 9.17) is 10.5 Å². The van der Waals surface area contributed by atoms with E-state index in [9.17, 15) is 19.2 Å². The number of carbonyl (C=O) groups excluding carboxylic acids is 4. The summed E-state index contributed by atoms with van der Waals surface area (Å²) >= 11 is 0. The molecule has 0 bridgehead atoms. The molecular weight excluding hydrogens is 448 g/mol. The normalized spacial score (nSPS) is 16.0. The van der Waals surface area contributed by atoms with Gasteiger partial charge in [-0.05, 0) is 45.6 Å². The molecule has 0 aliphatic heterocycles. The Hall–Kier alpha value is -3.10. The molecule has 4 amide bonds. The monoisotopic (exact) mass is 488 g/mol. The van der Waals surface area contributed by atoms with Crippen LogP contribution in [-0.4, -0.2) is 52.9 Å². The molecule has 1 aliphatic rings. The van der Waals surface area contributed by atoms with Gasteiger partial charge in [-0.25, -0.2) is 4.79 Å². The van der Waals surface area contributed by atoms with E-state index in [1.165, 1.54) is 4.90 Å². The molecule has 4 N–H and O–H groups in total. The van der Waals surface area contributed by atoms with E-state index in [-0.39, 0.29) is 18.5 Å². The van der Waals surface area contributed by atoms with Gasteiger partial charge in [0.1, 0.15) is 17.7 Å². The molecule has 0 aromatic heterocycles. The molecule has 9 heteroatoms. The second-order valence-corrected chi connectivity index (χ2v) is 10.1. The molecule has 1 aromatic rings. The van der Waals surface area contributed by atoms with Crippen molar-refractivity contribution in [1.82, 2.24) is 15.5 Å². The summed E-state index contributed by atoms with van der Waals surface area (Å²) in [5.74, 6) is -1.59. The first-order valence-electron chi connectivity index (χ1n) is 12.5. The maximum Gasteiger partial charge on any atom is 0.408 e. The molecule has 1 saturated carbocycles. The molecule has 35 heavy (non-hydrogen) atoms. The molecule has 1 aliphatic carbocycles. The highest BCUT2D eigenvalue weighted by atomic mass is 16.6. The number of benzene rings is 1. The maximum atomic E-state index is 13.7. The summed E-state index contributed by atoms with van der Waals surface area (Å²) in [6.07, 6.45) is 4.39. The van der Waals surface area contributed by atoms with Gasteiger partial charge >= 0.3 is 6.09 Å². The van der Waals surface area contributed by atoms with E-state index in [0.29, 0.717) is 12.0 Å². The van der Waals surface area contributed by atoms with Gasteiger partial charge in [-0.3, -0.25) is 14.4 Å². The first-order chi connectivity index (χ1) is 16.5. The molecule has 0 radical (unpaired) electrons. The van der Waals surface area contributed by atoms with Crippen LogP contribution in [0.4, 0.5) is 4.79 Å². The molecule has 1 aromatic carbocycles. The van der Waals surface area contributed by atoms with Crippen molar-refractivity contribution in [1.29, 1.82) is 0 Å². The number of nitrogens with two attached hydrogens (primary N) is 1. The van der Waals surface area contributed by atoms with Crippen LogP contribution >= 0.6 is 0 Å². The van der Waals surface area contributed by atoms with Crippen molar-refractivity contribution < 1.29 is 23.9 Å². The summed E-state index contributed by atoms with van der Waals surface area (Å²) in [5.41, 5.74) is 5.26. The zero-order valence-electron chi connectivity index (χ0n) is 21.3. The number of amides is 4. The van der Waals surface area contributed by atoms with Crippen LogP contribution < -0.4 is 16.4 Å². The summed E-state index contributed by atoms with van der Waals surface area (Å²) in [4.78, 5) is 53.0. The van der Waals surface area contributed by atoms with Gasteiger partial charge < -0.3 is 26.0 Å². The number of alkyl carbamates (subject to hydrolysis) is 1. The summed E-state index contributed by atoms with van der Waals surface area (Å²) < 4.78 is 5.28. The van der Waals surface area contributed by atoms with E-state index in [0.717, 1.165) is 32.1 Å². The molecule has 1 fully saturated rings. The Bertz CT molecular complexity index is 862. The van der Waals surface area contributed by atoms with E-state index in [2.05, 4.69) is 10.6 Å². The fourth-order valence-electron chi connectivity index (χ4n) is 4.29. The minimum atomic E-state index is -1.26. The topological polar surface area (TPSA) is 131 Å². The van der Waals surface area contributed by atoms with Gasteiger partial charge in [0.05, 0.1) is 6.42 Å². The van der Waals surface area contributed by atoms with Crippen LogP contribution in [0.3, 0.4) is 0 Å². The van der Waals surface area contributed by atoms with Crippen molar-refractivity contribution in [2.24, 2.45) is 5.73 Å². The second-order valence-electron chi connectivity index (χ2n) is 10.1. The zero-order chi connectivity index (χ0) is 26.0. The molecule has 0 heterocycles. The van der Waals surface area contributed by atoms with Crippen molar-refractivity contribution in [2.75, 3.05) is 6.54 Å². The first-order valence-corrected chi connectivity index (χ1v) is 12.5. The molecule has 9 nitrogen and oxygen atoms in total. The van der Waals surface area contributed by atoms with Crippen LogP contribution in [0.5, 0.6) is 0 Å². The first kappa shape index (κ1) is 28.1. The molecule has 194 valence electrons. The zero-order valence-corrected chi connectivity index (χ0v) is 21.3. The quantitative estimate of drug-likeness (QED) is 0.466.